The van der Waals surface area contributed by atoms with Crippen LogP contribution in [0.15, 0.2) is 4.52 Å². The first-order chi connectivity index (χ1) is 6.77. The Morgan fingerprint density at radius 1 is 1.57 bits per heavy atom. The summed E-state index contributed by atoms with van der Waals surface area (Å²) in [5.41, 5.74) is 0. The van der Waals surface area contributed by atoms with Crippen LogP contribution in [0.1, 0.15) is 31.5 Å². The van der Waals surface area contributed by atoms with Gasteiger partial charge < -0.3 is 14.6 Å². The molecular formula is C9H17N3O2. The molecule has 0 fully saturated rings. The molecule has 0 saturated carbocycles. The number of hydrogen-bond donors (Lipinski definition) is 1. The van der Waals surface area contributed by atoms with Gasteiger partial charge in [-0.2, -0.15) is 4.98 Å². The maximum absolute atomic E-state index is 5.09. The fourth-order valence-electron chi connectivity index (χ4n) is 1.10. The summed E-state index contributed by atoms with van der Waals surface area (Å²) in [7, 11) is 1.61. The zero-order valence-electron chi connectivity index (χ0n) is 8.91. The van der Waals surface area contributed by atoms with Crippen molar-refractivity contribution in [3.63, 3.8) is 0 Å². The average molecular weight is 199 g/mol. The van der Waals surface area contributed by atoms with Crippen molar-refractivity contribution >= 4 is 0 Å². The zero-order chi connectivity index (χ0) is 10.4. The second-order valence-electron chi connectivity index (χ2n) is 3.19. The maximum atomic E-state index is 5.09. The number of methoxy groups -OCH3 is 1. The molecule has 1 N–H and O–H groups in total. The molecule has 5 nitrogen and oxygen atoms in total. The van der Waals surface area contributed by atoms with Gasteiger partial charge in [-0.1, -0.05) is 19.0 Å². The van der Waals surface area contributed by atoms with Crippen LogP contribution in [0.25, 0.3) is 0 Å². The monoisotopic (exact) mass is 199 g/mol. The van der Waals surface area contributed by atoms with Crippen molar-refractivity contribution in [1.82, 2.24) is 15.5 Å². The van der Waals surface area contributed by atoms with E-state index in [4.69, 9.17) is 9.26 Å². The van der Waals surface area contributed by atoms with Crippen LogP contribution in [0.5, 0.6) is 0 Å². The van der Waals surface area contributed by atoms with E-state index in [0.717, 1.165) is 13.1 Å². The van der Waals surface area contributed by atoms with Crippen molar-refractivity contribution in [2.75, 3.05) is 20.2 Å². The highest BCUT2D eigenvalue weighted by Crippen LogP contribution is 2.11. The van der Waals surface area contributed by atoms with Crippen LogP contribution in [0, 0.1) is 0 Å². The van der Waals surface area contributed by atoms with Crippen LogP contribution in [0.2, 0.25) is 0 Å². The SMILES string of the molecule is CCNCC(C)c1nc(COC)no1. The first kappa shape index (κ1) is 11.1. The predicted molar refractivity (Wildman–Crippen MR) is 52.0 cm³/mol. The van der Waals surface area contributed by atoms with Gasteiger partial charge in [-0.3, -0.25) is 0 Å². The van der Waals surface area contributed by atoms with Gasteiger partial charge in [0.2, 0.25) is 5.89 Å². The first-order valence-corrected chi connectivity index (χ1v) is 4.80. The van der Waals surface area contributed by atoms with Crippen LogP contribution in [-0.2, 0) is 11.3 Å². The molecule has 0 amide bonds. The van der Waals surface area contributed by atoms with Crippen LogP contribution in [0.3, 0.4) is 0 Å². The van der Waals surface area contributed by atoms with Gasteiger partial charge >= 0.3 is 0 Å². The predicted octanol–water partition coefficient (Wildman–Crippen LogP) is 0.929. The van der Waals surface area contributed by atoms with E-state index < -0.39 is 0 Å². The molecule has 1 aromatic heterocycles. The van der Waals surface area contributed by atoms with Crippen LogP contribution in [-0.4, -0.2) is 30.3 Å². The van der Waals surface area contributed by atoms with E-state index in [2.05, 4.69) is 22.4 Å². The lowest BCUT2D eigenvalue weighted by Gasteiger charge is -2.05. The molecule has 0 aromatic carbocycles. The van der Waals surface area contributed by atoms with Crippen molar-refractivity contribution in [3.8, 4) is 0 Å². The molecule has 0 aliphatic rings. The van der Waals surface area contributed by atoms with Gasteiger partial charge in [-0.15, -0.1) is 0 Å². The van der Waals surface area contributed by atoms with Crippen LogP contribution in [0.4, 0.5) is 0 Å². The van der Waals surface area contributed by atoms with Gasteiger partial charge in [-0.05, 0) is 6.54 Å². The topological polar surface area (TPSA) is 60.2 Å². The third-order valence-electron chi connectivity index (χ3n) is 1.88. The highest BCUT2D eigenvalue weighted by atomic mass is 16.5. The lowest BCUT2D eigenvalue weighted by atomic mass is 10.2. The van der Waals surface area contributed by atoms with E-state index >= 15 is 0 Å². The smallest absolute Gasteiger partial charge is 0.230 e. The standard InChI is InChI=1S/C9H17N3O2/c1-4-10-5-7(2)9-11-8(6-13-3)12-14-9/h7,10H,4-6H2,1-3H3. The molecule has 0 saturated heterocycles. The third kappa shape index (κ3) is 3.08. The molecule has 0 aliphatic carbocycles. The number of likely N-dealkylation sites (N-methyl/N-ethyl adjacent to an activating group) is 1. The number of nitrogens with one attached hydrogen (secondary N) is 1. The summed E-state index contributed by atoms with van der Waals surface area (Å²) in [6.45, 7) is 6.32. The molecule has 1 heterocycles. The molecule has 14 heavy (non-hydrogen) atoms. The quantitative estimate of drug-likeness (QED) is 0.738. The van der Waals surface area contributed by atoms with Gasteiger partial charge in [0.15, 0.2) is 5.82 Å². The molecule has 0 spiro atoms. The minimum absolute atomic E-state index is 0.244. The normalized spacial score (nSPS) is 13.1. The molecule has 0 bridgehead atoms. The molecule has 0 radical (unpaired) electrons. The van der Waals surface area contributed by atoms with Gasteiger partial charge in [0.05, 0.1) is 0 Å². The Morgan fingerprint density at radius 2 is 2.36 bits per heavy atom. The Balaban J connectivity index is 2.48. The number of aromatic nitrogens is 2. The molecule has 1 rings (SSSR count). The Hall–Kier alpha value is -0.940. The summed E-state index contributed by atoms with van der Waals surface area (Å²) in [5, 5.41) is 7.02. The highest BCUT2D eigenvalue weighted by molar-refractivity contribution is 4.92. The van der Waals surface area contributed by atoms with Crippen molar-refractivity contribution in [1.29, 1.82) is 0 Å². The second kappa shape index (κ2) is 5.72. The van der Waals surface area contributed by atoms with Crippen molar-refractivity contribution in [2.45, 2.75) is 26.4 Å². The third-order valence-corrected chi connectivity index (χ3v) is 1.88. The highest BCUT2D eigenvalue weighted by Gasteiger charge is 2.13. The Labute approximate surface area is 83.8 Å². The van der Waals surface area contributed by atoms with Crippen molar-refractivity contribution < 1.29 is 9.26 Å². The summed E-state index contributed by atoms with van der Waals surface area (Å²) < 4.78 is 10.00. The first-order valence-electron chi connectivity index (χ1n) is 4.80. The Bertz CT molecular complexity index is 262. The van der Waals surface area contributed by atoms with E-state index in [-0.39, 0.29) is 5.92 Å². The largest absolute Gasteiger partial charge is 0.377 e. The zero-order valence-corrected chi connectivity index (χ0v) is 8.91. The average Bonchev–Trinajstić information content (AvgIpc) is 2.63. The second-order valence-corrected chi connectivity index (χ2v) is 3.19. The Morgan fingerprint density at radius 3 is 3.00 bits per heavy atom. The molecule has 1 atom stereocenters. The minimum Gasteiger partial charge on any atom is -0.377 e. The summed E-state index contributed by atoms with van der Waals surface area (Å²) >= 11 is 0. The summed E-state index contributed by atoms with van der Waals surface area (Å²) in [5.74, 6) is 1.51. The van der Waals surface area contributed by atoms with Gasteiger partial charge in [-0.25, -0.2) is 0 Å². The van der Waals surface area contributed by atoms with Crippen molar-refractivity contribution in [2.24, 2.45) is 0 Å². The fraction of sp³-hybridized carbons (Fsp3) is 0.778. The molecule has 1 unspecified atom stereocenters. The van der Waals surface area contributed by atoms with E-state index in [1.807, 2.05) is 6.92 Å². The lowest BCUT2D eigenvalue weighted by Crippen LogP contribution is -2.19. The van der Waals surface area contributed by atoms with E-state index in [1.165, 1.54) is 0 Å². The maximum Gasteiger partial charge on any atom is 0.230 e. The summed E-state index contributed by atoms with van der Waals surface area (Å²) in [6, 6.07) is 0. The number of rotatable bonds is 6. The fourth-order valence-corrected chi connectivity index (χ4v) is 1.10. The summed E-state index contributed by atoms with van der Waals surface area (Å²) in [6.07, 6.45) is 0. The molecule has 1 aromatic rings. The molecule has 80 valence electrons. The lowest BCUT2D eigenvalue weighted by molar-refractivity contribution is 0.174. The molecule has 5 heteroatoms. The van der Waals surface area contributed by atoms with Crippen LogP contribution >= 0.6 is 0 Å². The van der Waals surface area contributed by atoms with Gasteiger partial charge in [0.25, 0.3) is 0 Å². The van der Waals surface area contributed by atoms with E-state index in [9.17, 15) is 0 Å². The summed E-state index contributed by atoms with van der Waals surface area (Å²) in [4.78, 5) is 4.21. The Kier molecular flexibility index (Phi) is 4.55. The van der Waals surface area contributed by atoms with E-state index in [1.54, 1.807) is 7.11 Å². The number of hydrogen-bond acceptors (Lipinski definition) is 5. The molecular weight excluding hydrogens is 182 g/mol. The van der Waals surface area contributed by atoms with E-state index in [0.29, 0.717) is 18.3 Å². The molecule has 0 aliphatic heterocycles. The van der Waals surface area contributed by atoms with Crippen LogP contribution < -0.4 is 5.32 Å². The number of nitrogens with zero attached hydrogens (tertiary/aromatic N) is 2. The van der Waals surface area contributed by atoms with Crippen molar-refractivity contribution in [3.05, 3.63) is 11.7 Å². The van der Waals surface area contributed by atoms with Gasteiger partial charge in [0, 0.05) is 19.6 Å². The minimum atomic E-state index is 0.244. The number of ether oxygens (including phenoxy) is 1. The van der Waals surface area contributed by atoms with Gasteiger partial charge in [0.1, 0.15) is 6.61 Å².